The van der Waals surface area contributed by atoms with Gasteiger partial charge in [-0.2, -0.15) is 0 Å². The van der Waals surface area contributed by atoms with E-state index in [0.717, 1.165) is 25.7 Å². The lowest BCUT2D eigenvalue weighted by molar-refractivity contribution is 0.0267. The van der Waals surface area contributed by atoms with Gasteiger partial charge in [-0.1, -0.05) is 12.8 Å². The molecule has 0 aromatic heterocycles. The van der Waals surface area contributed by atoms with E-state index in [9.17, 15) is 9.90 Å². The lowest BCUT2D eigenvalue weighted by Gasteiger charge is -2.35. The zero-order valence-corrected chi connectivity index (χ0v) is 12.8. The van der Waals surface area contributed by atoms with Gasteiger partial charge in [-0.3, -0.25) is 4.79 Å². The monoisotopic (exact) mass is 293 g/mol. The minimum atomic E-state index is -0.444. The zero-order valence-electron chi connectivity index (χ0n) is 12.8. The number of methoxy groups -OCH3 is 2. The summed E-state index contributed by atoms with van der Waals surface area (Å²) >= 11 is 0. The molecule has 0 spiro atoms. The molecule has 1 aromatic rings. The summed E-state index contributed by atoms with van der Waals surface area (Å²) in [5.41, 5.74) is 0.506. The number of likely N-dealkylation sites (N-methyl/N-ethyl adjacent to an activating group) is 1. The summed E-state index contributed by atoms with van der Waals surface area (Å²) in [5.74, 6) is 1.03. The Kier molecular flexibility index (Phi) is 5.07. The van der Waals surface area contributed by atoms with Gasteiger partial charge in [0.1, 0.15) is 11.5 Å². The van der Waals surface area contributed by atoms with Crippen molar-refractivity contribution in [1.29, 1.82) is 0 Å². The second-order valence-electron chi connectivity index (χ2n) is 5.44. The van der Waals surface area contributed by atoms with Crippen LogP contribution in [0.3, 0.4) is 0 Å². The average molecular weight is 293 g/mol. The van der Waals surface area contributed by atoms with Crippen LogP contribution in [-0.2, 0) is 0 Å². The number of ether oxygens (including phenoxy) is 2. The SMILES string of the molecule is COc1cc(OC)cc(C(=O)N(C)[C@@H]2CCCC[C@H]2O)c1. The van der Waals surface area contributed by atoms with Crippen molar-refractivity contribution in [3.05, 3.63) is 23.8 Å². The van der Waals surface area contributed by atoms with E-state index in [1.54, 1.807) is 44.4 Å². The van der Waals surface area contributed by atoms with Gasteiger partial charge < -0.3 is 19.5 Å². The van der Waals surface area contributed by atoms with Gasteiger partial charge in [0.25, 0.3) is 5.91 Å². The van der Waals surface area contributed by atoms with E-state index in [2.05, 4.69) is 0 Å². The van der Waals surface area contributed by atoms with E-state index < -0.39 is 6.10 Å². The van der Waals surface area contributed by atoms with E-state index in [1.165, 1.54) is 0 Å². The first-order valence-electron chi connectivity index (χ1n) is 7.25. The van der Waals surface area contributed by atoms with Gasteiger partial charge in [-0.05, 0) is 25.0 Å². The summed E-state index contributed by atoms with van der Waals surface area (Å²) in [6.07, 6.45) is 3.21. The molecule has 1 aliphatic rings. The van der Waals surface area contributed by atoms with Crippen LogP contribution in [0.15, 0.2) is 18.2 Å². The van der Waals surface area contributed by atoms with Gasteiger partial charge in [0.15, 0.2) is 0 Å². The molecule has 1 amide bonds. The zero-order chi connectivity index (χ0) is 15.4. The molecule has 116 valence electrons. The number of carbonyl (C=O) groups excluding carboxylic acids is 1. The molecule has 2 rings (SSSR count). The highest BCUT2D eigenvalue weighted by atomic mass is 16.5. The van der Waals surface area contributed by atoms with Crippen LogP contribution in [0.2, 0.25) is 0 Å². The van der Waals surface area contributed by atoms with Gasteiger partial charge in [0, 0.05) is 18.7 Å². The summed E-state index contributed by atoms with van der Waals surface area (Å²) in [4.78, 5) is 14.3. The van der Waals surface area contributed by atoms with E-state index >= 15 is 0 Å². The molecule has 0 radical (unpaired) electrons. The largest absolute Gasteiger partial charge is 0.497 e. The highest BCUT2D eigenvalue weighted by Crippen LogP contribution is 2.26. The Morgan fingerprint density at radius 3 is 2.24 bits per heavy atom. The van der Waals surface area contributed by atoms with Crippen molar-refractivity contribution < 1.29 is 19.4 Å². The van der Waals surface area contributed by atoms with Crippen LogP contribution >= 0.6 is 0 Å². The molecule has 5 heteroatoms. The first-order valence-corrected chi connectivity index (χ1v) is 7.25. The third-order valence-electron chi connectivity index (χ3n) is 4.11. The van der Waals surface area contributed by atoms with Crippen LogP contribution in [0.25, 0.3) is 0 Å². The summed E-state index contributed by atoms with van der Waals surface area (Å²) in [5, 5.41) is 10.1. The molecule has 1 fully saturated rings. The van der Waals surface area contributed by atoms with E-state index in [0.29, 0.717) is 17.1 Å². The minimum absolute atomic E-state index is 0.122. The van der Waals surface area contributed by atoms with Gasteiger partial charge >= 0.3 is 0 Å². The van der Waals surface area contributed by atoms with Crippen molar-refractivity contribution in [1.82, 2.24) is 4.90 Å². The Labute approximate surface area is 125 Å². The molecule has 21 heavy (non-hydrogen) atoms. The lowest BCUT2D eigenvalue weighted by atomic mass is 9.91. The average Bonchev–Trinajstić information content (AvgIpc) is 2.53. The van der Waals surface area contributed by atoms with Crippen molar-refractivity contribution >= 4 is 5.91 Å². The second kappa shape index (κ2) is 6.80. The fourth-order valence-electron chi connectivity index (χ4n) is 2.83. The quantitative estimate of drug-likeness (QED) is 0.923. The topological polar surface area (TPSA) is 59.0 Å². The Hall–Kier alpha value is -1.75. The Balaban J connectivity index is 2.22. The summed E-state index contributed by atoms with van der Waals surface area (Å²) < 4.78 is 10.4. The normalized spacial score (nSPS) is 21.7. The molecular weight excluding hydrogens is 270 g/mol. The number of hydrogen-bond donors (Lipinski definition) is 1. The molecule has 0 aliphatic heterocycles. The molecule has 2 atom stereocenters. The highest BCUT2D eigenvalue weighted by Gasteiger charge is 2.30. The molecule has 0 heterocycles. The predicted octanol–water partition coefficient (Wildman–Crippen LogP) is 2.08. The summed E-state index contributed by atoms with van der Waals surface area (Å²) in [6, 6.07) is 4.99. The van der Waals surface area contributed by atoms with Crippen molar-refractivity contribution in [3.8, 4) is 11.5 Å². The molecule has 0 saturated heterocycles. The van der Waals surface area contributed by atoms with Crippen molar-refractivity contribution in [2.75, 3.05) is 21.3 Å². The molecule has 5 nitrogen and oxygen atoms in total. The van der Waals surface area contributed by atoms with Crippen LogP contribution in [0, 0.1) is 0 Å². The number of rotatable bonds is 4. The molecule has 1 N–H and O–H groups in total. The third kappa shape index (κ3) is 3.47. The molecule has 0 unspecified atom stereocenters. The lowest BCUT2D eigenvalue weighted by Crippen LogP contribution is -2.46. The molecule has 1 saturated carbocycles. The minimum Gasteiger partial charge on any atom is -0.497 e. The summed E-state index contributed by atoms with van der Waals surface area (Å²) in [6.45, 7) is 0. The Morgan fingerprint density at radius 1 is 1.14 bits per heavy atom. The van der Waals surface area contributed by atoms with Crippen LogP contribution < -0.4 is 9.47 Å². The van der Waals surface area contributed by atoms with Crippen molar-refractivity contribution in [2.24, 2.45) is 0 Å². The predicted molar refractivity (Wildman–Crippen MR) is 79.9 cm³/mol. The number of aliphatic hydroxyl groups is 1. The number of nitrogens with zero attached hydrogens (tertiary/aromatic N) is 1. The first-order chi connectivity index (χ1) is 10.1. The summed E-state index contributed by atoms with van der Waals surface area (Å²) in [7, 11) is 4.85. The van der Waals surface area contributed by atoms with Crippen molar-refractivity contribution in [3.63, 3.8) is 0 Å². The van der Waals surface area contributed by atoms with E-state index in [-0.39, 0.29) is 11.9 Å². The Bertz CT molecular complexity index is 481. The molecule has 1 aromatic carbocycles. The van der Waals surface area contributed by atoms with Crippen LogP contribution in [0.4, 0.5) is 0 Å². The number of carbonyl (C=O) groups is 1. The standard InChI is InChI=1S/C16H23NO4/c1-17(14-6-4-5-7-15(14)18)16(19)11-8-12(20-2)10-13(9-11)21-3/h8-10,14-15,18H,4-7H2,1-3H3/t14-,15-/m1/s1. The third-order valence-corrected chi connectivity index (χ3v) is 4.11. The molecule has 0 bridgehead atoms. The number of amides is 1. The van der Waals surface area contributed by atoms with Gasteiger partial charge in [-0.15, -0.1) is 0 Å². The second-order valence-corrected chi connectivity index (χ2v) is 5.44. The smallest absolute Gasteiger partial charge is 0.254 e. The van der Waals surface area contributed by atoms with Gasteiger partial charge in [0.2, 0.25) is 0 Å². The van der Waals surface area contributed by atoms with E-state index in [4.69, 9.17) is 9.47 Å². The van der Waals surface area contributed by atoms with Crippen LogP contribution in [0.1, 0.15) is 36.0 Å². The number of benzene rings is 1. The fourth-order valence-corrected chi connectivity index (χ4v) is 2.83. The number of aliphatic hydroxyl groups excluding tert-OH is 1. The van der Waals surface area contributed by atoms with Crippen LogP contribution in [-0.4, -0.2) is 49.3 Å². The van der Waals surface area contributed by atoms with Crippen molar-refractivity contribution in [2.45, 2.75) is 37.8 Å². The first kappa shape index (κ1) is 15.6. The fraction of sp³-hybridized carbons (Fsp3) is 0.562. The maximum Gasteiger partial charge on any atom is 0.254 e. The molecular formula is C16H23NO4. The Morgan fingerprint density at radius 2 is 1.71 bits per heavy atom. The van der Waals surface area contributed by atoms with E-state index in [1.807, 2.05) is 0 Å². The maximum atomic E-state index is 12.6. The van der Waals surface area contributed by atoms with Crippen LogP contribution in [0.5, 0.6) is 11.5 Å². The maximum absolute atomic E-state index is 12.6. The molecule has 1 aliphatic carbocycles. The van der Waals surface area contributed by atoms with Gasteiger partial charge in [-0.25, -0.2) is 0 Å². The highest BCUT2D eigenvalue weighted by molar-refractivity contribution is 5.95. The van der Waals surface area contributed by atoms with Gasteiger partial charge in [0.05, 0.1) is 26.4 Å². The number of hydrogen-bond acceptors (Lipinski definition) is 4.